The number of fused-ring (bicyclic) bond motifs is 3. The number of rotatable bonds is 4. The topological polar surface area (TPSA) is 15.8 Å². The fourth-order valence-electron chi connectivity index (χ4n) is 2.58. The Hall–Kier alpha value is -2.28. The van der Waals surface area contributed by atoms with Gasteiger partial charge >= 0.3 is 0 Å². The molecule has 3 aromatic rings. The summed E-state index contributed by atoms with van der Waals surface area (Å²) in [4.78, 5) is 3.46. The second-order valence-electron chi connectivity index (χ2n) is 4.87. The van der Waals surface area contributed by atoms with E-state index in [4.69, 9.17) is 0 Å². The van der Waals surface area contributed by atoms with Crippen molar-refractivity contribution in [2.75, 3.05) is 0 Å². The first kappa shape index (κ1) is 11.8. The van der Waals surface area contributed by atoms with Crippen LogP contribution in [0.3, 0.4) is 0 Å². The summed E-state index contributed by atoms with van der Waals surface area (Å²) >= 11 is 0. The van der Waals surface area contributed by atoms with Gasteiger partial charge in [-0.3, -0.25) is 0 Å². The van der Waals surface area contributed by atoms with Gasteiger partial charge in [0.05, 0.1) is 0 Å². The van der Waals surface area contributed by atoms with Crippen LogP contribution in [0.5, 0.6) is 0 Å². The number of H-pyrrole nitrogens is 1. The summed E-state index contributed by atoms with van der Waals surface area (Å²) in [5.41, 5.74) is 4.99. The third-order valence-electron chi connectivity index (χ3n) is 3.49. The van der Waals surface area contributed by atoms with Crippen molar-refractivity contribution in [3.63, 3.8) is 0 Å². The fraction of sp³-hybridized carbons (Fsp3) is 0.111. The summed E-state index contributed by atoms with van der Waals surface area (Å²) in [5, 5.41) is 2.58. The molecule has 94 valence electrons. The molecule has 0 saturated heterocycles. The van der Waals surface area contributed by atoms with Gasteiger partial charge in [0.15, 0.2) is 0 Å². The van der Waals surface area contributed by atoms with E-state index in [1.165, 1.54) is 32.9 Å². The molecule has 0 bridgehead atoms. The Morgan fingerprint density at radius 1 is 0.789 bits per heavy atom. The van der Waals surface area contributed by atoms with Gasteiger partial charge in [-0.05, 0) is 48.2 Å². The van der Waals surface area contributed by atoms with E-state index >= 15 is 0 Å². The van der Waals surface area contributed by atoms with Gasteiger partial charge in [0.2, 0.25) is 0 Å². The van der Waals surface area contributed by atoms with Crippen LogP contribution < -0.4 is 0 Å². The summed E-state index contributed by atoms with van der Waals surface area (Å²) in [6.45, 7) is 7.61. The first-order valence-corrected chi connectivity index (χ1v) is 6.57. The molecule has 0 unspecified atom stereocenters. The number of hydrogen-bond donors (Lipinski definition) is 1. The third kappa shape index (κ3) is 2.08. The minimum Gasteiger partial charge on any atom is -0.355 e. The molecular formula is C18H17N. The Labute approximate surface area is 113 Å². The predicted molar refractivity (Wildman–Crippen MR) is 83.6 cm³/mol. The molecule has 2 aromatic carbocycles. The first-order valence-electron chi connectivity index (χ1n) is 6.57. The number of nitrogens with one attached hydrogen (secondary N) is 1. The monoisotopic (exact) mass is 247 g/mol. The molecule has 0 radical (unpaired) electrons. The van der Waals surface area contributed by atoms with E-state index in [-0.39, 0.29) is 0 Å². The smallest absolute Gasteiger partial charge is 0.0465 e. The molecule has 1 N–H and O–H groups in total. The summed E-state index contributed by atoms with van der Waals surface area (Å²) < 4.78 is 0. The molecule has 0 spiro atoms. The van der Waals surface area contributed by atoms with Crippen LogP contribution >= 0.6 is 0 Å². The maximum Gasteiger partial charge on any atom is 0.0465 e. The lowest BCUT2D eigenvalue weighted by atomic mass is 10.0. The second-order valence-corrected chi connectivity index (χ2v) is 4.87. The Morgan fingerprint density at radius 2 is 1.26 bits per heavy atom. The molecule has 0 saturated carbocycles. The van der Waals surface area contributed by atoms with Crippen LogP contribution in [0.25, 0.3) is 21.8 Å². The molecule has 1 nitrogen and oxygen atoms in total. The maximum atomic E-state index is 3.81. The zero-order valence-corrected chi connectivity index (χ0v) is 10.9. The van der Waals surface area contributed by atoms with E-state index in [0.717, 1.165) is 12.8 Å². The number of aromatic nitrogens is 1. The van der Waals surface area contributed by atoms with Crippen molar-refractivity contribution in [3.05, 3.63) is 72.8 Å². The summed E-state index contributed by atoms with van der Waals surface area (Å²) in [7, 11) is 0. The fourth-order valence-corrected chi connectivity index (χ4v) is 2.58. The van der Waals surface area contributed by atoms with Crippen molar-refractivity contribution in [3.8, 4) is 0 Å². The van der Waals surface area contributed by atoms with E-state index in [9.17, 15) is 0 Å². The van der Waals surface area contributed by atoms with Gasteiger partial charge in [-0.1, -0.05) is 24.3 Å². The molecule has 1 aromatic heterocycles. The van der Waals surface area contributed by atoms with Crippen molar-refractivity contribution in [1.82, 2.24) is 4.98 Å². The number of aromatic amines is 1. The number of allylic oxidation sites excluding steroid dienone is 2. The van der Waals surface area contributed by atoms with Crippen LogP contribution in [0, 0.1) is 0 Å². The maximum absolute atomic E-state index is 3.81. The molecule has 3 rings (SSSR count). The van der Waals surface area contributed by atoms with Crippen LogP contribution in [0.4, 0.5) is 0 Å². The third-order valence-corrected chi connectivity index (χ3v) is 3.49. The Balaban J connectivity index is 2.24. The van der Waals surface area contributed by atoms with Crippen molar-refractivity contribution in [2.24, 2.45) is 0 Å². The molecule has 0 atom stereocenters. The summed E-state index contributed by atoms with van der Waals surface area (Å²) in [6, 6.07) is 13.1. The van der Waals surface area contributed by atoms with E-state index in [0.29, 0.717) is 0 Å². The molecule has 1 heteroatoms. The summed E-state index contributed by atoms with van der Waals surface area (Å²) in [5.74, 6) is 0. The van der Waals surface area contributed by atoms with Gasteiger partial charge in [0.25, 0.3) is 0 Å². The average molecular weight is 247 g/mol. The van der Waals surface area contributed by atoms with Crippen molar-refractivity contribution < 1.29 is 0 Å². The van der Waals surface area contributed by atoms with Crippen molar-refractivity contribution >= 4 is 21.8 Å². The molecule has 1 heterocycles. The van der Waals surface area contributed by atoms with Gasteiger partial charge < -0.3 is 4.98 Å². The number of benzene rings is 2. The lowest BCUT2D eigenvalue weighted by Crippen LogP contribution is -1.81. The molecular weight excluding hydrogens is 230 g/mol. The van der Waals surface area contributed by atoms with Gasteiger partial charge in [-0.2, -0.15) is 0 Å². The van der Waals surface area contributed by atoms with E-state index in [1.54, 1.807) is 0 Å². The highest BCUT2D eigenvalue weighted by Crippen LogP contribution is 2.27. The largest absolute Gasteiger partial charge is 0.355 e. The zero-order valence-electron chi connectivity index (χ0n) is 10.9. The standard InChI is InChI=1S/C18H17N/c1-3-5-13-7-9-17-15(11-13)16-12-14(6-4-2)8-10-18(16)19-17/h3-4,7-12,19H,1-2,5-6H2. The normalized spacial score (nSPS) is 10.9. The van der Waals surface area contributed by atoms with Gasteiger partial charge in [-0.15, -0.1) is 13.2 Å². The average Bonchev–Trinajstić information content (AvgIpc) is 2.77. The molecule has 19 heavy (non-hydrogen) atoms. The Morgan fingerprint density at radius 3 is 1.68 bits per heavy atom. The summed E-state index contributed by atoms with van der Waals surface area (Å²) in [6.07, 6.45) is 5.71. The molecule has 0 aliphatic rings. The van der Waals surface area contributed by atoms with Crippen LogP contribution in [-0.2, 0) is 12.8 Å². The molecule has 0 amide bonds. The van der Waals surface area contributed by atoms with Gasteiger partial charge in [0.1, 0.15) is 0 Å². The molecule has 0 aliphatic heterocycles. The first-order chi connectivity index (χ1) is 9.31. The van der Waals surface area contributed by atoms with Crippen LogP contribution in [0.1, 0.15) is 11.1 Å². The zero-order chi connectivity index (χ0) is 13.2. The minimum atomic E-state index is 0.912. The lowest BCUT2D eigenvalue weighted by molar-refractivity contribution is 1.29. The quantitative estimate of drug-likeness (QED) is 0.639. The van der Waals surface area contributed by atoms with E-state index in [2.05, 4.69) is 54.5 Å². The second kappa shape index (κ2) is 4.77. The molecule has 0 aliphatic carbocycles. The minimum absolute atomic E-state index is 0.912. The lowest BCUT2D eigenvalue weighted by Gasteiger charge is -1.99. The van der Waals surface area contributed by atoms with E-state index < -0.39 is 0 Å². The highest BCUT2D eigenvalue weighted by atomic mass is 14.7. The van der Waals surface area contributed by atoms with Crippen LogP contribution in [-0.4, -0.2) is 4.98 Å². The van der Waals surface area contributed by atoms with Crippen LogP contribution in [0.15, 0.2) is 61.7 Å². The Kier molecular flexibility index (Phi) is 2.96. The van der Waals surface area contributed by atoms with Crippen LogP contribution in [0.2, 0.25) is 0 Å². The predicted octanol–water partition coefficient (Wildman–Crippen LogP) is 4.78. The molecule has 0 fully saturated rings. The van der Waals surface area contributed by atoms with E-state index in [1.807, 2.05) is 12.2 Å². The van der Waals surface area contributed by atoms with Crippen molar-refractivity contribution in [1.29, 1.82) is 0 Å². The Bertz CT molecular complexity index is 698. The van der Waals surface area contributed by atoms with Crippen molar-refractivity contribution in [2.45, 2.75) is 12.8 Å². The highest BCUT2D eigenvalue weighted by molar-refractivity contribution is 6.07. The number of hydrogen-bond acceptors (Lipinski definition) is 0. The SMILES string of the molecule is C=CCc1ccc2[nH]c3ccc(CC=C)cc3c2c1. The van der Waals surface area contributed by atoms with Gasteiger partial charge in [0, 0.05) is 21.8 Å². The van der Waals surface area contributed by atoms with Gasteiger partial charge in [-0.25, -0.2) is 0 Å². The highest BCUT2D eigenvalue weighted by Gasteiger charge is 2.05.